The van der Waals surface area contributed by atoms with Crippen molar-refractivity contribution in [2.45, 2.75) is 69.6 Å². The molecule has 0 bridgehead atoms. The van der Waals surface area contributed by atoms with Crippen LogP contribution in [-0.4, -0.2) is 48.8 Å². The summed E-state index contributed by atoms with van der Waals surface area (Å²) in [7, 11) is 0. The maximum absolute atomic E-state index is 8.79. The van der Waals surface area contributed by atoms with Gasteiger partial charge in [-0.2, -0.15) is 0 Å². The number of ether oxygens (including phenoxy) is 2. The summed E-state index contributed by atoms with van der Waals surface area (Å²) in [6.07, 6.45) is -0.858. The molecule has 0 fully saturated rings. The van der Waals surface area contributed by atoms with Gasteiger partial charge in [0.25, 0.3) is 0 Å². The maximum atomic E-state index is 8.79. The largest absolute Gasteiger partial charge is 0.391 e. The van der Waals surface area contributed by atoms with E-state index < -0.39 is 12.2 Å². The van der Waals surface area contributed by atoms with E-state index >= 15 is 0 Å². The van der Waals surface area contributed by atoms with Gasteiger partial charge in [0.05, 0.1) is 38.6 Å². The van der Waals surface area contributed by atoms with Crippen LogP contribution in [0.5, 0.6) is 0 Å². The summed E-state index contributed by atoms with van der Waals surface area (Å²) >= 11 is 0. The smallest absolute Gasteiger partial charge is 0.0745 e. The topological polar surface area (TPSA) is 58.9 Å². The van der Waals surface area contributed by atoms with Crippen LogP contribution in [0.1, 0.15) is 57.4 Å². The molecule has 0 spiro atoms. The van der Waals surface area contributed by atoms with Crippen LogP contribution in [0.2, 0.25) is 0 Å². The summed E-state index contributed by atoms with van der Waals surface area (Å²) in [4.78, 5) is 0. The van der Waals surface area contributed by atoms with E-state index in [1.54, 1.807) is 27.7 Å². The minimum atomic E-state index is -0.429. The molecule has 2 atom stereocenters. The molecule has 0 rings (SSSR count). The number of aliphatic hydroxyl groups is 2. The van der Waals surface area contributed by atoms with E-state index in [-0.39, 0.29) is 29.7 Å². The molecule has 0 heterocycles. The van der Waals surface area contributed by atoms with Crippen LogP contribution >= 0.6 is 0 Å². The molecular weight excluding hydrogens is 400 g/mol. The second-order valence-electron chi connectivity index (χ2n) is 4.85. The van der Waals surface area contributed by atoms with Crippen LogP contribution < -0.4 is 0 Å². The van der Waals surface area contributed by atoms with Crippen LogP contribution in [0.15, 0.2) is 0 Å². The highest BCUT2D eigenvalue weighted by Gasteiger charge is 1.96. The summed E-state index contributed by atoms with van der Waals surface area (Å²) in [5, 5.41) is 17.6. The van der Waals surface area contributed by atoms with Gasteiger partial charge in [-0.3, -0.25) is 0 Å². The predicted octanol–water partition coefficient (Wildman–Crippen LogP) is 3.38. The maximum Gasteiger partial charge on any atom is 0.0745 e. The predicted molar refractivity (Wildman–Crippen MR) is 138 cm³/mol. The van der Waals surface area contributed by atoms with Crippen molar-refractivity contribution in [1.29, 1.82) is 0 Å². The highest BCUT2D eigenvalue weighted by molar-refractivity contribution is 5.45. The molecule has 0 aromatic rings. The Morgan fingerprint density at radius 1 is 0.500 bits per heavy atom. The van der Waals surface area contributed by atoms with Gasteiger partial charge in [-0.1, -0.05) is 41.5 Å². The summed E-state index contributed by atoms with van der Waals surface area (Å²) in [6, 6.07) is 0. The van der Waals surface area contributed by atoms with Gasteiger partial charge in [0, 0.05) is 0 Å². The van der Waals surface area contributed by atoms with Crippen molar-refractivity contribution in [1.82, 2.24) is 0 Å². The molecule has 0 saturated heterocycles. The van der Waals surface area contributed by atoms with Gasteiger partial charge in [-0.05, 0) is 98.7 Å². The number of hydrogen-bond acceptors (Lipinski definition) is 4. The van der Waals surface area contributed by atoms with Crippen molar-refractivity contribution < 1.29 is 19.7 Å². The lowest BCUT2D eigenvalue weighted by Gasteiger charge is -2.07. The zero-order chi connectivity index (χ0) is 21.3. The second-order valence-corrected chi connectivity index (χ2v) is 4.85. The van der Waals surface area contributed by atoms with E-state index in [1.165, 1.54) is 0 Å². The fraction of sp³-hybridized carbons (Fsp3) is 0.500. The van der Waals surface area contributed by atoms with Crippen molar-refractivity contribution in [3.8, 4) is 82.9 Å². The van der Waals surface area contributed by atoms with Gasteiger partial charge in [0.15, 0.2) is 0 Å². The second kappa shape index (κ2) is 38.4. The van der Waals surface area contributed by atoms with Gasteiger partial charge in [0.1, 0.15) is 0 Å². The first-order valence-corrected chi connectivity index (χ1v) is 8.39. The Balaban J connectivity index is -0.0000000967. The van der Waals surface area contributed by atoms with E-state index in [4.69, 9.17) is 19.7 Å². The minimum Gasteiger partial charge on any atom is -0.391 e. The molecule has 0 aliphatic rings. The van der Waals surface area contributed by atoms with Crippen LogP contribution in [0, 0.1) is 82.9 Å². The molecule has 0 aromatic carbocycles. The van der Waals surface area contributed by atoms with Gasteiger partial charge < -0.3 is 19.7 Å². The standard InChI is InChI=1S/C16H6.C8H18O4.4CH4/c1-3-5-7-9-11-13-15-16-14-12-10-8-6-4-2;1-7(9)5-11-3-4-12-6-8(2)10;;;;/h1-2H3;7-10H,3-6H2,1-2H3;4*1H4. The average Bonchev–Trinajstić information content (AvgIpc) is 2.65. The van der Waals surface area contributed by atoms with Crippen molar-refractivity contribution in [3.05, 3.63) is 0 Å². The molecule has 2 unspecified atom stereocenters. The molecule has 0 aromatic heterocycles. The molecule has 0 radical (unpaired) electrons. The number of aliphatic hydroxyl groups excluding tert-OH is 2. The van der Waals surface area contributed by atoms with Gasteiger partial charge in [0.2, 0.25) is 0 Å². The van der Waals surface area contributed by atoms with E-state index in [2.05, 4.69) is 82.9 Å². The Morgan fingerprint density at radius 3 is 0.906 bits per heavy atom. The molecule has 0 amide bonds. The molecule has 0 saturated carbocycles. The normalized spacial score (nSPS) is 7.94. The van der Waals surface area contributed by atoms with Crippen molar-refractivity contribution in [2.75, 3.05) is 26.4 Å². The summed E-state index contributed by atoms with van der Waals surface area (Å²) < 4.78 is 10.0. The molecule has 0 aliphatic heterocycles. The first-order chi connectivity index (χ1) is 13.5. The quantitative estimate of drug-likeness (QED) is 0.471. The van der Waals surface area contributed by atoms with Crippen molar-refractivity contribution in [3.63, 3.8) is 0 Å². The third kappa shape index (κ3) is 50.5. The highest BCUT2D eigenvalue weighted by Crippen LogP contribution is 1.85. The lowest BCUT2D eigenvalue weighted by molar-refractivity contribution is -0.0101. The molecular formula is C28H40O4. The molecule has 2 N–H and O–H groups in total. The van der Waals surface area contributed by atoms with Gasteiger partial charge in [-0.15, -0.1) is 0 Å². The fourth-order valence-corrected chi connectivity index (χ4v) is 1.06. The first kappa shape index (κ1) is 42.8. The molecule has 32 heavy (non-hydrogen) atoms. The summed E-state index contributed by atoms with van der Waals surface area (Å²) in [5.74, 6) is 35.6. The Labute approximate surface area is 198 Å². The highest BCUT2D eigenvalue weighted by atomic mass is 16.5. The summed E-state index contributed by atoms with van der Waals surface area (Å²) in [6.45, 7) is 8.32. The van der Waals surface area contributed by atoms with E-state index in [0.29, 0.717) is 26.4 Å². The van der Waals surface area contributed by atoms with Crippen molar-refractivity contribution in [2.24, 2.45) is 0 Å². The van der Waals surface area contributed by atoms with E-state index in [0.717, 1.165) is 0 Å². The number of rotatable bonds is 7. The lowest BCUT2D eigenvalue weighted by atomic mass is 10.4. The zero-order valence-corrected chi connectivity index (χ0v) is 16.7. The third-order valence-corrected chi connectivity index (χ3v) is 2.03. The monoisotopic (exact) mass is 440 g/mol. The Hall–Kier alpha value is -3.24. The molecule has 4 heteroatoms. The fourth-order valence-electron chi connectivity index (χ4n) is 1.06. The molecule has 0 aliphatic carbocycles. The molecule has 176 valence electrons. The number of hydrogen-bond donors (Lipinski definition) is 2. The van der Waals surface area contributed by atoms with Crippen molar-refractivity contribution >= 4 is 0 Å². The van der Waals surface area contributed by atoms with E-state index in [1.807, 2.05) is 0 Å². The SMILES string of the molecule is C.C.C.C.CC#CC#CC#CC#CC#CC#CC#CC.CC(O)COCCOCC(C)O. The zero-order valence-electron chi connectivity index (χ0n) is 16.7. The van der Waals surface area contributed by atoms with Crippen LogP contribution in [-0.2, 0) is 9.47 Å². The van der Waals surface area contributed by atoms with Gasteiger partial charge in [-0.25, -0.2) is 0 Å². The lowest BCUT2D eigenvalue weighted by Crippen LogP contribution is -2.16. The Bertz CT molecular complexity index is 776. The molecule has 4 nitrogen and oxygen atoms in total. The average molecular weight is 441 g/mol. The Kier molecular flexibility index (Phi) is 51.3. The van der Waals surface area contributed by atoms with Crippen LogP contribution in [0.4, 0.5) is 0 Å². The van der Waals surface area contributed by atoms with Gasteiger partial charge >= 0.3 is 0 Å². The Morgan fingerprint density at radius 2 is 0.719 bits per heavy atom. The van der Waals surface area contributed by atoms with E-state index in [9.17, 15) is 0 Å². The van der Waals surface area contributed by atoms with Crippen LogP contribution in [0.3, 0.4) is 0 Å². The summed E-state index contributed by atoms with van der Waals surface area (Å²) in [5.41, 5.74) is 0. The van der Waals surface area contributed by atoms with Crippen LogP contribution in [0.25, 0.3) is 0 Å². The minimum absolute atomic E-state index is 0. The first-order valence-electron chi connectivity index (χ1n) is 8.39. The third-order valence-electron chi connectivity index (χ3n) is 2.03.